The Kier molecular flexibility index (Phi) is 8.00. The summed E-state index contributed by atoms with van der Waals surface area (Å²) in [6.07, 6.45) is 3.14. The highest BCUT2D eigenvalue weighted by atomic mass is 79.9. The van der Waals surface area contributed by atoms with Gasteiger partial charge in [-0.15, -0.1) is 6.58 Å². The number of anilines is 1. The van der Waals surface area contributed by atoms with Crippen molar-refractivity contribution in [1.82, 2.24) is 25.6 Å². The molecule has 8 nitrogen and oxygen atoms in total. The Labute approximate surface area is 207 Å². The SMILES string of the molecule is C=CCNNC(=O)c1cc(Br)cc(Br)c1NC(=O)c1cc(Br)nn1-c1ncccc1Cl. The van der Waals surface area contributed by atoms with E-state index in [1.54, 1.807) is 36.5 Å². The minimum atomic E-state index is -0.518. The predicted molar refractivity (Wildman–Crippen MR) is 130 cm³/mol. The Balaban J connectivity index is 1.97. The maximum atomic E-state index is 13.1. The van der Waals surface area contributed by atoms with Crippen LogP contribution in [0.1, 0.15) is 20.8 Å². The van der Waals surface area contributed by atoms with E-state index in [0.29, 0.717) is 30.9 Å². The van der Waals surface area contributed by atoms with E-state index in [1.807, 2.05) is 0 Å². The third-order valence-electron chi connectivity index (χ3n) is 3.84. The lowest BCUT2D eigenvalue weighted by Crippen LogP contribution is -2.37. The summed E-state index contributed by atoms with van der Waals surface area (Å²) < 4.78 is 2.89. The largest absolute Gasteiger partial charge is 0.319 e. The number of hydrogen-bond acceptors (Lipinski definition) is 5. The molecule has 0 bridgehead atoms. The Bertz CT molecular complexity index is 1170. The normalized spacial score (nSPS) is 10.6. The number of hydrazine groups is 1. The lowest BCUT2D eigenvalue weighted by Gasteiger charge is -2.15. The molecule has 0 aliphatic rings. The highest BCUT2D eigenvalue weighted by Gasteiger charge is 2.22. The van der Waals surface area contributed by atoms with Gasteiger partial charge in [0, 0.05) is 27.8 Å². The van der Waals surface area contributed by atoms with Crippen molar-refractivity contribution in [3.63, 3.8) is 0 Å². The van der Waals surface area contributed by atoms with Gasteiger partial charge in [-0.3, -0.25) is 15.0 Å². The Morgan fingerprint density at radius 1 is 1.19 bits per heavy atom. The van der Waals surface area contributed by atoms with Gasteiger partial charge in [0.05, 0.1) is 16.3 Å². The number of halogens is 4. The summed E-state index contributed by atoms with van der Waals surface area (Å²) in [6.45, 7) is 3.95. The minimum Gasteiger partial charge on any atom is -0.319 e. The third-order valence-corrected chi connectivity index (χ3v) is 5.60. The number of amides is 2. The maximum absolute atomic E-state index is 13.1. The molecule has 0 aliphatic carbocycles. The lowest BCUT2D eigenvalue weighted by molar-refractivity contribution is 0.0936. The van der Waals surface area contributed by atoms with Gasteiger partial charge in [-0.1, -0.05) is 33.6 Å². The van der Waals surface area contributed by atoms with Crippen molar-refractivity contribution < 1.29 is 9.59 Å². The lowest BCUT2D eigenvalue weighted by atomic mass is 10.1. The molecule has 0 saturated heterocycles. The second-order valence-electron chi connectivity index (χ2n) is 5.96. The monoisotopic (exact) mass is 630 g/mol. The standard InChI is InChI=1S/C19H14Br3ClN6O2/c1-2-5-25-27-18(30)11-7-10(20)8-12(21)16(11)26-19(31)14-9-15(22)28-29(14)17-13(23)4-3-6-24-17/h2-4,6-9,25H,1,5H2,(H,26,31)(H,27,30). The van der Waals surface area contributed by atoms with Crippen molar-refractivity contribution in [2.45, 2.75) is 0 Å². The van der Waals surface area contributed by atoms with Crippen molar-refractivity contribution in [3.8, 4) is 5.82 Å². The number of rotatable bonds is 7. The molecular formula is C19H14Br3ClN6O2. The fourth-order valence-corrected chi connectivity index (χ4v) is 4.44. The smallest absolute Gasteiger partial charge is 0.274 e. The minimum absolute atomic E-state index is 0.165. The van der Waals surface area contributed by atoms with Crippen LogP contribution in [0.4, 0.5) is 5.69 Å². The molecule has 0 aliphatic heterocycles. The zero-order valence-corrected chi connectivity index (χ0v) is 21.1. The predicted octanol–water partition coefficient (Wildman–Crippen LogP) is 4.88. The topological polar surface area (TPSA) is 101 Å². The molecule has 0 saturated carbocycles. The number of aromatic nitrogens is 3. The fraction of sp³-hybridized carbons (Fsp3) is 0.0526. The number of benzene rings is 1. The van der Waals surface area contributed by atoms with Crippen molar-refractivity contribution in [3.05, 3.63) is 79.0 Å². The summed E-state index contributed by atoms with van der Waals surface area (Å²) in [5, 5.41) is 7.35. The van der Waals surface area contributed by atoms with Gasteiger partial charge in [-0.2, -0.15) is 5.10 Å². The molecule has 3 N–H and O–H groups in total. The molecule has 2 aromatic heterocycles. The highest BCUT2D eigenvalue weighted by Crippen LogP contribution is 2.32. The average molecular weight is 634 g/mol. The molecule has 0 spiro atoms. The average Bonchev–Trinajstić information content (AvgIpc) is 3.11. The van der Waals surface area contributed by atoms with Gasteiger partial charge in [0.15, 0.2) is 5.82 Å². The molecule has 0 unspecified atom stereocenters. The van der Waals surface area contributed by atoms with E-state index in [9.17, 15) is 9.59 Å². The maximum Gasteiger partial charge on any atom is 0.274 e. The third kappa shape index (κ3) is 5.60. The first kappa shape index (κ1) is 23.6. The molecule has 0 radical (unpaired) electrons. The molecule has 3 rings (SSSR count). The molecule has 1 aromatic carbocycles. The molecule has 12 heteroatoms. The van der Waals surface area contributed by atoms with Crippen molar-refractivity contribution in [1.29, 1.82) is 0 Å². The van der Waals surface area contributed by atoms with Gasteiger partial charge in [0.25, 0.3) is 11.8 Å². The van der Waals surface area contributed by atoms with Gasteiger partial charge in [-0.05, 0) is 56.1 Å². The van der Waals surface area contributed by atoms with E-state index in [0.717, 1.165) is 0 Å². The molecule has 0 fully saturated rings. The molecule has 2 heterocycles. The summed E-state index contributed by atoms with van der Waals surface area (Å²) in [7, 11) is 0. The summed E-state index contributed by atoms with van der Waals surface area (Å²) >= 11 is 16.3. The molecule has 160 valence electrons. The number of carbonyl (C=O) groups is 2. The van der Waals surface area contributed by atoms with Crippen molar-refractivity contribution in [2.75, 3.05) is 11.9 Å². The molecule has 0 atom stereocenters. The van der Waals surface area contributed by atoms with Crippen molar-refractivity contribution >= 4 is 76.9 Å². The van der Waals surface area contributed by atoms with Gasteiger partial charge >= 0.3 is 0 Å². The summed E-state index contributed by atoms with van der Waals surface area (Å²) in [5.74, 6) is -0.667. The Hall–Kier alpha value is -2.05. The zero-order valence-electron chi connectivity index (χ0n) is 15.6. The second kappa shape index (κ2) is 10.5. The van der Waals surface area contributed by atoms with E-state index in [2.05, 4.69) is 80.6 Å². The second-order valence-corrected chi connectivity index (χ2v) is 8.95. The number of hydrogen-bond donors (Lipinski definition) is 3. The van der Waals surface area contributed by atoms with Crippen LogP contribution in [0.3, 0.4) is 0 Å². The van der Waals surface area contributed by atoms with E-state index in [1.165, 1.54) is 10.7 Å². The first-order chi connectivity index (χ1) is 14.8. The van der Waals surface area contributed by atoms with Crippen LogP contribution < -0.4 is 16.2 Å². The molecule has 2 amide bonds. The van der Waals surface area contributed by atoms with E-state index in [-0.39, 0.29) is 16.9 Å². The zero-order chi connectivity index (χ0) is 22.5. The van der Waals surface area contributed by atoms with Gasteiger partial charge in [0.1, 0.15) is 10.3 Å². The van der Waals surface area contributed by atoms with Crippen LogP contribution in [0, 0.1) is 0 Å². The number of pyridine rings is 1. The van der Waals surface area contributed by atoms with Gasteiger partial charge in [-0.25, -0.2) is 15.1 Å². The van der Waals surface area contributed by atoms with Crippen LogP contribution in [-0.4, -0.2) is 33.1 Å². The Morgan fingerprint density at radius 3 is 2.68 bits per heavy atom. The molecular weight excluding hydrogens is 619 g/mol. The fourth-order valence-electron chi connectivity index (χ4n) is 2.54. The summed E-state index contributed by atoms with van der Waals surface area (Å²) in [5.41, 5.74) is 5.95. The van der Waals surface area contributed by atoms with Crippen LogP contribution in [0.15, 0.2) is 62.7 Å². The van der Waals surface area contributed by atoms with E-state index >= 15 is 0 Å². The van der Waals surface area contributed by atoms with Gasteiger partial charge in [0.2, 0.25) is 0 Å². The highest BCUT2D eigenvalue weighted by molar-refractivity contribution is 9.11. The quantitative estimate of drug-likeness (QED) is 0.196. The summed E-state index contributed by atoms with van der Waals surface area (Å²) in [4.78, 5) is 30.0. The van der Waals surface area contributed by atoms with E-state index < -0.39 is 11.8 Å². The molecule has 31 heavy (non-hydrogen) atoms. The van der Waals surface area contributed by atoms with Crippen LogP contribution in [0.2, 0.25) is 5.02 Å². The van der Waals surface area contributed by atoms with Crippen LogP contribution >= 0.6 is 59.4 Å². The summed E-state index contributed by atoms with van der Waals surface area (Å²) in [6, 6.07) is 8.15. The van der Waals surface area contributed by atoms with Crippen LogP contribution in [0.5, 0.6) is 0 Å². The first-order valence-corrected chi connectivity index (χ1v) is 11.4. The van der Waals surface area contributed by atoms with Gasteiger partial charge < -0.3 is 5.32 Å². The number of carbonyl (C=O) groups excluding carboxylic acids is 2. The first-order valence-electron chi connectivity index (χ1n) is 8.62. The van der Waals surface area contributed by atoms with Crippen LogP contribution in [0.25, 0.3) is 5.82 Å². The Morgan fingerprint density at radius 2 is 1.97 bits per heavy atom. The van der Waals surface area contributed by atoms with E-state index in [4.69, 9.17) is 11.6 Å². The number of nitrogens with zero attached hydrogens (tertiary/aromatic N) is 3. The molecule has 3 aromatic rings. The van der Waals surface area contributed by atoms with Crippen LogP contribution in [-0.2, 0) is 0 Å². The number of nitrogens with one attached hydrogen (secondary N) is 3. The van der Waals surface area contributed by atoms with Crippen molar-refractivity contribution in [2.24, 2.45) is 0 Å².